The first-order chi connectivity index (χ1) is 11.2. The quantitative estimate of drug-likeness (QED) is 0.746. The fraction of sp³-hybridized carbons (Fsp3) is 0. The molecule has 0 atom stereocenters. The van der Waals surface area contributed by atoms with Crippen molar-refractivity contribution in [1.82, 2.24) is 14.8 Å². The van der Waals surface area contributed by atoms with Gasteiger partial charge in [-0.05, 0) is 35.9 Å². The Morgan fingerprint density at radius 1 is 1.17 bits per heavy atom. The molecule has 0 radical (unpaired) electrons. The molecule has 3 aromatic rings. The van der Waals surface area contributed by atoms with E-state index in [1.165, 1.54) is 12.4 Å². The second-order valence-electron chi connectivity index (χ2n) is 4.73. The van der Waals surface area contributed by atoms with Gasteiger partial charge in [-0.1, -0.05) is 35.9 Å². The van der Waals surface area contributed by atoms with Crippen LogP contribution in [0.1, 0.15) is 5.56 Å². The van der Waals surface area contributed by atoms with Gasteiger partial charge in [-0.2, -0.15) is 5.10 Å². The van der Waals surface area contributed by atoms with E-state index < -0.39 is 0 Å². The van der Waals surface area contributed by atoms with Crippen LogP contribution < -0.4 is 5.32 Å². The number of amides is 1. The summed E-state index contributed by atoms with van der Waals surface area (Å²) in [5, 5.41) is 7.46. The smallest absolute Gasteiger partial charge is 0.248 e. The lowest BCUT2D eigenvalue weighted by atomic mass is 10.2. The standard InChI is InChI=1S/C17H13ClN4O/c18-16-7-2-1-4-13(16)8-9-17(23)21-14-5-3-6-15(10-14)22-12-19-11-20-22/h1-12H,(H,21,23). The summed E-state index contributed by atoms with van der Waals surface area (Å²) < 4.78 is 1.62. The van der Waals surface area contributed by atoms with Crippen molar-refractivity contribution in [3.63, 3.8) is 0 Å². The van der Waals surface area contributed by atoms with Crippen molar-refractivity contribution in [1.29, 1.82) is 0 Å². The molecule has 1 amide bonds. The topological polar surface area (TPSA) is 59.8 Å². The molecule has 1 N–H and O–H groups in total. The minimum Gasteiger partial charge on any atom is -0.322 e. The van der Waals surface area contributed by atoms with Crippen molar-refractivity contribution in [2.45, 2.75) is 0 Å². The minimum atomic E-state index is -0.235. The maximum absolute atomic E-state index is 12.0. The molecule has 114 valence electrons. The van der Waals surface area contributed by atoms with Gasteiger partial charge in [0.15, 0.2) is 0 Å². The first kappa shape index (κ1) is 15.0. The summed E-state index contributed by atoms with van der Waals surface area (Å²) in [4.78, 5) is 15.9. The van der Waals surface area contributed by atoms with E-state index in [4.69, 9.17) is 11.6 Å². The Bertz CT molecular complexity index is 843. The molecule has 3 rings (SSSR count). The largest absolute Gasteiger partial charge is 0.322 e. The van der Waals surface area contributed by atoms with Gasteiger partial charge in [0.2, 0.25) is 5.91 Å². The molecule has 5 nitrogen and oxygen atoms in total. The first-order valence-corrected chi connectivity index (χ1v) is 7.29. The van der Waals surface area contributed by atoms with Crippen molar-refractivity contribution in [2.75, 3.05) is 5.32 Å². The normalized spacial score (nSPS) is 10.8. The Kier molecular flexibility index (Phi) is 4.49. The highest BCUT2D eigenvalue weighted by atomic mass is 35.5. The molecule has 0 saturated carbocycles. The van der Waals surface area contributed by atoms with Gasteiger partial charge < -0.3 is 5.32 Å². The van der Waals surface area contributed by atoms with Crippen LogP contribution in [0.2, 0.25) is 5.02 Å². The maximum atomic E-state index is 12.0. The predicted octanol–water partition coefficient (Wildman–Crippen LogP) is 3.57. The molecular weight excluding hydrogens is 312 g/mol. The maximum Gasteiger partial charge on any atom is 0.248 e. The molecule has 1 heterocycles. The highest BCUT2D eigenvalue weighted by molar-refractivity contribution is 6.32. The summed E-state index contributed by atoms with van der Waals surface area (Å²) in [5.41, 5.74) is 2.28. The van der Waals surface area contributed by atoms with Crippen molar-refractivity contribution in [3.8, 4) is 5.69 Å². The van der Waals surface area contributed by atoms with E-state index in [1.54, 1.807) is 23.2 Å². The zero-order valence-electron chi connectivity index (χ0n) is 12.1. The third-order valence-corrected chi connectivity index (χ3v) is 3.46. The molecule has 0 fully saturated rings. The van der Waals surface area contributed by atoms with Gasteiger partial charge in [0.05, 0.1) is 5.69 Å². The molecule has 2 aromatic carbocycles. The van der Waals surface area contributed by atoms with E-state index in [-0.39, 0.29) is 5.91 Å². The number of carbonyl (C=O) groups is 1. The number of benzene rings is 2. The summed E-state index contributed by atoms with van der Waals surface area (Å²) in [7, 11) is 0. The van der Waals surface area contributed by atoms with E-state index >= 15 is 0 Å². The van der Waals surface area contributed by atoms with Gasteiger partial charge in [0.25, 0.3) is 0 Å². The van der Waals surface area contributed by atoms with E-state index in [0.29, 0.717) is 10.7 Å². The van der Waals surface area contributed by atoms with Crippen molar-refractivity contribution in [3.05, 3.63) is 77.8 Å². The summed E-state index contributed by atoms with van der Waals surface area (Å²) in [6.45, 7) is 0. The summed E-state index contributed by atoms with van der Waals surface area (Å²) >= 11 is 6.05. The van der Waals surface area contributed by atoms with E-state index in [2.05, 4.69) is 15.4 Å². The number of anilines is 1. The van der Waals surface area contributed by atoms with Crippen LogP contribution in [0.3, 0.4) is 0 Å². The average Bonchev–Trinajstić information content (AvgIpc) is 3.09. The highest BCUT2D eigenvalue weighted by Gasteiger charge is 2.02. The monoisotopic (exact) mass is 324 g/mol. The molecule has 0 bridgehead atoms. The van der Waals surface area contributed by atoms with Gasteiger partial charge in [0, 0.05) is 16.8 Å². The fourth-order valence-corrected chi connectivity index (χ4v) is 2.23. The third-order valence-electron chi connectivity index (χ3n) is 3.12. The van der Waals surface area contributed by atoms with Crippen LogP contribution in [0.5, 0.6) is 0 Å². The molecule has 1 aromatic heterocycles. The zero-order valence-corrected chi connectivity index (χ0v) is 12.8. The van der Waals surface area contributed by atoms with Gasteiger partial charge >= 0.3 is 0 Å². The molecule has 0 aliphatic rings. The molecule has 0 aliphatic heterocycles. The number of aromatic nitrogens is 3. The molecule has 6 heteroatoms. The average molecular weight is 325 g/mol. The Morgan fingerprint density at radius 3 is 2.83 bits per heavy atom. The first-order valence-electron chi connectivity index (χ1n) is 6.91. The Balaban J connectivity index is 1.71. The van der Waals surface area contributed by atoms with Gasteiger partial charge in [0.1, 0.15) is 12.7 Å². The van der Waals surface area contributed by atoms with Crippen LogP contribution in [0.25, 0.3) is 11.8 Å². The molecule has 0 spiro atoms. The van der Waals surface area contributed by atoms with Crippen LogP contribution in [-0.2, 0) is 4.79 Å². The van der Waals surface area contributed by atoms with Crippen LogP contribution in [-0.4, -0.2) is 20.7 Å². The third kappa shape index (κ3) is 3.84. The lowest BCUT2D eigenvalue weighted by Gasteiger charge is -2.05. The Morgan fingerprint density at radius 2 is 2.04 bits per heavy atom. The van der Waals surface area contributed by atoms with E-state index in [9.17, 15) is 4.79 Å². The predicted molar refractivity (Wildman–Crippen MR) is 90.5 cm³/mol. The van der Waals surface area contributed by atoms with Gasteiger partial charge in [-0.3, -0.25) is 4.79 Å². The van der Waals surface area contributed by atoms with E-state index in [1.807, 2.05) is 42.5 Å². The summed E-state index contributed by atoms with van der Waals surface area (Å²) in [6, 6.07) is 14.7. The molecule has 0 aliphatic carbocycles. The van der Waals surface area contributed by atoms with Crippen LogP contribution in [0.4, 0.5) is 5.69 Å². The zero-order chi connectivity index (χ0) is 16.1. The Labute approximate surface area is 138 Å². The fourth-order valence-electron chi connectivity index (χ4n) is 2.03. The van der Waals surface area contributed by atoms with Crippen molar-refractivity contribution < 1.29 is 4.79 Å². The summed E-state index contributed by atoms with van der Waals surface area (Å²) in [6.07, 6.45) is 6.18. The number of hydrogen-bond donors (Lipinski definition) is 1. The number of nitrogens with one attached hydrogen (secondary N) is 1. The number of nitrogens with zero attached hydrogens (tertiary/aromatic N) is 3. The summed E-state index contributed by atoms with van der Waals surface area (Å²) in [5.74, 6) is -0.235. The lowest BCUT2D eigenvalue weighted by molar-refractivity contribution is -0.111. The van der Waals surface area contributed by atoms with Crippen molar-refractivity contribution in [2.24, 2.45) is 0 Å². The lowest BCUT2D eigenvalue weighted by Crippen LogP contribution is -2.08. The Hall–Kier alpha value is -2.92. The van der Waals surface area contributed by atoms with Crippen molar-refractivity contribution >= 4 is 29.3 Å². The second kappa shape index (κ2) is 6.89. The van der Waals surface area contributed by atoms with Crippen LogP contribution >= 0.6 is 11.6 Å². The molecule has 23 heavy (non-hydrogen) atoms. The molecular formula is C17H13ClN4O. The second-order valence-corrected chi connectivity index (χ2v) is 5.14. The van der Waals surface area contributed by atoms with Crippen LogP contribution in [0.15, 0.2) is 67.3 Å². The molecule has 0 unspecified atom stereocenters. The SMILES string of the molecule is O=C(C=Cc1ccccc1Cl)Nc1cccc(-n2cncn2)c1. The minimum absolute atomic E-state index is 0.235. The number of rotatable bonds is 4. The van der Waals surface area contributed by atoms with Gasteiger partial charge in [-0.25, -0.2) is 9.67 Å². The number of halogens is 1. The van der Waals surface area contributed by atoms with E-state index in [0.717, 1.165) is 11.3 Å². The van der Waals surface area contributed by atoms with Gasteiger partial charge in [-0.15, -0.1) is 0 Å². The number of carbonyl (C=O) groups excluding carboxylic acids is 1. The van der Waals surface area contributed by atoms with Crippen LogP contribution in [0, 0.1) is 0 Å². The number of hydrogen-bond acceptors (Lipinski definition) is 3. The molecule has 0 saturated heterocycles. The highest BCUT2D eigenvalue weighted by Crippen LogP contribution is 2.17.